The molecule has 0 aliphatic rings. The van der Waals surface area contributed by atoms with Crippen molar-refractivity contribution in [2.75, 3.05) is 14.2 Å². The molecule has 3 N–H and O–H groups in total. The molecule has 8 heteroatoms. The summed E-state index contributed by atoms with van der Waals surface area (Å²) < 4.78 is 10.3. The fourth-order valence-corrected chi connectivity index (χ4v) is 2.89. The van der Waals surface area contributed by atoms with Crippen LogP contribution in [0.2, 0.25) is 0 Å². The van der Waals surface area contributed by atoms with Gasteiger partial charge in [0.25, 0.3) is 0 Å². The number of rotatable bonds is 5. The minimum Gasteiger partial charge on any atom is -0.504 e. The number of aromatic hydroxyl groups is 1. The van der Waals surface area contributed by atoms with Crippen molar-refractivity contribution >= 4 is 22.8 Å². The standard InChI is InChI=1S/C22H19N5O3/c1-29-15-6-3-13(4-7-15)21(23)26-20-12-24-17-9-8-16(25-22(17)27-20)14-5-10-18(28)19(11-14)30-2/h3-12,28H,1-2H3,(H2,23,25,26,27). The first-order valence-electron chi connectivity index (χ1n) is 9.07. The summed E-state index contributed by atoms with van der Waals surface area (Å²) in [4.78, 5) is 17.8. The third kappa shape index (κ3) is 3.83. The normalized spacial score (nSPS) is 11.5. The fraction of sp³-hybridized carbons (Fsp3) is 0.0909. The molecule has 150 valence electrons. The Morgan fingerprint density at radius 2 is 1.77 bits per heavy atom. The zero-order valence-electron chi connectivity index (χ0n) is 16.4. The van der Waals surface area contributed by atoms with Crippen LogP contribution in [0.3, 0.4) is 0 Å². The molecule has 0 radical (unpaired) electrons. The summed E-state index contributed by atoms with van der Waals surface area (Å²) in [6, 6.07) is 15.9. The van der Waals surface area contributed by atoms with Crippen LogP contribution in [0.1, 0.15) is 5.56 Å². The number of fused-ring (bicyclic) bond motifs is 1. The molecule has 0 saturated heterocycles. The molecule has 30 heavy (non-hydrogen) atoms. The van der Waals surface area contributed by atoms with Crippen molar-refractivity contribution in [3.05, 3.63) is 66.4 Å². The lowest BCUT2D eigenvalue weighted by molar-refractivity contribution is 0.373. The lowest BCUT2D eigenvalue weighted by Gasteiger charge is -2.07. The number of nitrogens with zero attached hydrogens (tertiary/aromatic N) is 4. The van der Waals surface area contributed by atoms with Crippen molar-refractivity contribution in [3.8, 4) is 28.5 Å². The van der Waals surface area contributed by atoms with Gasteiger partial charge in [0.15, 0.2) is 23.0 Å². The number of phenolic OH excluding ortho intramolecular Hbond substituents is 1. The Labute approximate surface area is 172 Å². The number of methoxy groups -OCH3 is 2. The average Bonchev–Trinajstić information content (AvgIpc) is 2.79. The predicted octanol–water partition coefficient (Wildman–Crippen LogP) is 3.45. The molecular weight excluding hydrogens is 382 g/mol. The van der Waals surface area contributed by atoms with E-state index in [2.05, 4.69) is 19.9 Å². The van der Waals surface area contributed by atoms with Crippen LogP contribution in [-0.4, -0.2) is 40.1 Å². The summed E-state index contributed by atoms with van der Waals surface area (Å²) in [7, 11) is 3.10. The lowest BCUT2D eigenvalue weighted by atomic mass is 10.1. The number of ether oxygens (including phenoxy) is 2. The fourth-order valence-electron chi connectivity index (χ4n) is 2.89. The molecule has 0 aliphatic heterocycles. The quantitative estimate of drug-likeness (QED) is 0.389. The number of amidine groups is 1. The molecule has 2 heterocycles. The van der Waals surface area contributed by atoms with Crippen LogP contribution in [0.15, 0.2) is 65.8 Å². The van der Waals surface area contributed by atoms with E-state index < -0.39 is 0 Å². The molecule has 2 aromatic carbocycles. The second-order valence-corrected chi connectivity index (χ2v) is 6.38. The van der Waals surface area contributed by atoms with Gasteiger partial charge in [0.05, 0.1) is 26.1 Å². The molecule has 0 bridgehead atoms. The molecule has 0 fully saturated rings. The highest BCUT2D eigenvalue weighted by Gasteiger charge is 2.09. The van der Waals surface area contributed by atoms with Crippen molar-refractivity contribution in [2.45, 2.75) is 0 Å². The smallest absolute Gasteiger partial charge is 0.180 e. The topological polar surface area (TPSA) is 116 Å². The van der Waals surface area contributed by atoms with Crippen molar-refractivity contribution in [2.24, 2.45) is 10.7 Å². The average molecular weight is 401 g/mol. The minimum atomic E-state index is 0.0625. The first kappa shape index (κ1) is 19.1. The molecule has 4 aromatic rings. The van der Waals surface area contributed by atoms with Crippen molar-refractivity contribution < 1.29 is 14.6 Å². The third-order valence-corrected chi connectivity index (χ3v) is 4.49. The summed E-state index contributed by atoms with van der Waals surface area (Å²) in [5.74, 6) is 1.83. The summed E-state index contributed by atoms with van der Waals surface area (Å²) in [6.45, 7) is 0. The highest BCUT2D eigenvalue weighted by molar-refractivity contribution is 5.99. The Hall–Kier alpha value is -4.20. The predicted molar refractivity (Wildman–Crippen MR) is 114 cm³/mol. The molecule has 0 amide bonds. The largest absolute Gasteiger partial charge is 0.504 e. The van der Waals surface area contributed by atoms with E-state index in [1.54, 1.807) is 31.5 Å². The van der Waals surface area contributed by atoms with Crippen LogP contribution >= 0.6 is 0 Å². The highest BCUT2D eigenvalue weighted by atomic mass is 16.5. The van der Waals surface area contributed by atoms with E-state index in [9.17, 15) is 5.11 Å². The lowest BCUT2D eigenvalue weighted by Crippen LogP contribution is -2.12. The zero-order chi connectivity index (χ0) is 21.1. The van der Waals surface area contributed by atoms with Crippen LogP contribution < -0.4 is 15.2 Å². The van der Waals surface area contributed by atoms with E-state index in [4.69, 9.17) is 15.2 Å². The maximum absolute atomic E-state index is 9.80. The molecule has 2 aromatic heterocycles. The Morgan fingerprint density at radius 3 is 2.50 bits per heavy atom. The van der Waals surface area contributed by atoms with Crippen molar-refractivity contribution in [3.63, 3.8) is 0 Å². The number of hydrogen-bond acceptors (Lipinski definition) is 7. The number of nitrogens with two attached hydrogens (primary N) is 1. The molecule has 0 spiro atoms. The molecular formula is C22H19N5O3. The van der Waals surface area contributed by atoms with Gasteiger partial charge in [-0.25, -0.2) is 19.9 Å². The molecule has 8 nitrogen and oxygen atoms in total. The van der Waals surface area contributed by atoms with E-state index in [0.29, 0.717) is 34.3 Å². The number of aliphatic imine (C=N–C) groups is 1. The number of phenols is 1. The van der Waals surface area contributed by atoms with Gasteiger partial charge in [-0.15, -0.1) is 0 Å². The van der Waals surface area contributed by atoms with Crippen LogP contribution in [0.25, 0.3) is 22.4 Å². The van der Waals surface area contributed by atoms with Gasteiger partial charge in [-0.1, -0.05) is 0 Å². The SMILES string of the molecule is COc1ccc(/C(N)=N/c2cnc3ccc(-c4ccc(O)c(OC)c4)nc3n2)cc1. The molecule has 0 unspecified atom stereocenters. The Balaban J connectivity index is 1.69. The summed E-state index contributed by atoms with van der Waals surface area (Å²) in [5.41, 5.74) is 9.37. The first-order valence-corrected chi connectivity index (χ1v) is 9.07. The van der Waals surface area contributed by atoms with Gasteiger partial charge in [-0.2, -0.15) is 0 Å². The Bertz CT molecular complexity index is 1240. The minimum absolute atomic E-state index is 0.0625. The van der Waals surface area contributed by atoms with Gasteiger partial charge >= 0.3 is 0 Å². The van der Waals surface area contributed by atoms with Crippen LogP contribution in [0.5, 0.6) is 17.2 Å². The number of benzene rings is 2. The maximum Gasteiger partial charge on any atom is 0.180 e. The van der Waals surface area contributed by atoms with E-state index >= 15 is 0 Å². The number of hydrogen-bond donors (Lipinski definition) is 2. The van der Waals surface area contributed by atoms with Gasteiger partial charge < -0.3 is 20.3 Å². The summed E-state index contributed by atoms with van der Waals surface area (Å²) >= 11 is 0. The second kappa shape index (κ2) is 8.04. The van der Waals surface area contributed by atoms with Crippen molar-refractivity contribution in [1.82, 2.24) is 15.0 Å². The van der Waals surface area contributed by atoms with Gasteiger partial charge in [-0.05, 0) is 54.6 Å². The monoisotopic (exact) mass is 401 g/mol. The van der Waals surface area contributed by atoms with Gasteiger partial charge in [0, 0.05) is 11.1 Å². The van der Waals surface area contributed by atoms with Crippen LogP contribution in [-0.2, 0) is 0 Å². The first-order chi connectivity index (χ1) is 14.6. The van der Waals surface area contributed by atoms with Gasteiger partial charge in [-0.3, -0.25) is 0 Å². The zero-order valence-corrected chi connectivity index (χ0v) is 16.4. The second-order valence-electron chi connectivity index (χ2n) is 6.38. The van der Waals surface area contributed by atoms with Crippen LogP contribution in [0, 0.1) is 0 Å². The van der Waals surface area contributed by atoms with E-state index in [1.165, 1.54) is 7.11 Å². The molecule has 4 rings (SSSR count). The van der Waals surface area contributed by atoms with Crippen LogP contribution in [0.4, 0.5) is 5.82 Å². The van der Waals surface area contributed by atoms with E-state index in [-0.39, 0.29) is 5.75 Å². The van der Waals surface area contributed by atoms with Crippen molar-refractivity contribution in [1.29, 1.82) is 0 Å². The summed E-state index contributed by atoms with van der Waals surface area (Å²) in [5, 5.41) is 9.80. The Morgan fingerprint density at radius 1 is 0.967 bits per heavy atom. The third-order valence-electron chi connectivity index (χ3n) is 4.49. The van der Waals surface area contributed by atoms with E-state index in [0.717, 1.165) is 16.9 Å². The van der Waals surface area contributed by atoms with E-state index in [1.807, 2.05) is 36.4 Å². The Kier molecular flexibility index (Phi) is 5.13. The van der Waals surface area contributed by atoms with Gasteiger partial charge in [0.2, 0.25) is 0 Å². The molecule has 0 aliphatic carbocycles. The number of pyridine rings is 1. The molecule has 0 saturated carbocycles. The molecule has 0 atom stereocenters. The maximum atomic E-state index is 9.80. The van der Waals surface area contributed by atoms with Gasteiger partial charge in [0.1, 0.15) is 17.1 Å². The number of aromatic nitrogens is 3. The summed E-state index contributed by atoms with van der Waals surface area (Å²) in [6.07, 6.45) is 1.55. The highest BCUT2D eigenvalue weighted by Crippen LogP contribution is 2.31.